The Labute approximate surface area is 223 Å². The van der Waals surface area contributed by atoms with Gasteiger partial charge in [-0.3, -0.25) is 4.79 Å². The topological polar surface area (TPSA) is 96.4 Å². The largest absolute Gasteiger partial charge is 0.386 e. The van der Waals surface area contributed by atoms with Crippen molar-refractivity contribution in [1.82, 2.24) is 10.3 Å². The summed E-state index contributed by atoms with van der Waals surface area (Å²) in [5.74, 6) is 0.583. The van der Waals surface area contributed by atoms with E-state index >= 15 is 0 Å². The molecule has 3 aromatic rings. The summed E-state index contributed by atoms with van der Waals surface area (Å²) >= 11 is 1.42. The van der Waals surface area contributed by atoms with E-state index in [1.54, 1.807) is 13.8 Å². The van der Waals surface area contributed by atoms with Crippen molar-refractivity contribution in [3.63, 3.8) is 0 Å². The number of amides is 1. The summed E-state index contributed by atoms with van der Waals surface area (Å²) in [6.07, 6.45) is 7.89. The van der Waals surface area contributed by atoms with Crippen molar-refractivity contribution in [2.75, 3.05) is 11.5 Å². The predicted octanol–water partition coefficient (Wildman–Crippen LogP) is 5.62. The Kier molecular flexibility index (Phi) is 7.44. The number of carbonyl (C=O) groups excluding carboxylic acids is 1. The molecule has 198 valence electrons. The zero-order chi connectivity index (χ0) is 26.2. The molecule has 5 rings (SSSR count). The van der Waals surface area contributed by atoms with Gasteiger partial charge in [-0.1, -0.05) is 68.5 Å². The summed E-state index contributed by atoms with van der Waals surface area (Å²) < 4.78 is 23.6. The van der Waals surface area contributed by atoms with Crippen molar-refractivity contribution in [1.29, 1.82) is 0 Å². The highest BCUT2D eigenvalue weighted by atomic mass is 32.2. The second kappa shape index (κ2) is 10.5. The third kappa shape index (κ3) is 5.91. The van der Waals surface area contributed by atoms with Gasteiger partial charge < -0.3 is 10.4 Å². The molecule has 2 N–H and O–H groups in total. The highest BCUT2D eigenvalue weighted by molar-refractivity contribution is 7.91. The Bertz CT molecular complexity index is 1390. The van der Waals surface area contributed by atoms with Crippen LogP contribution in [-0.2, 0) is 21.9 Å². The first-order valence-electron chi connectivity index (χ1n) is 13.4. The Morgan fingerprint density at radius 2 is 1.70 bits per heavy atom. The molecule has 1 saturated carbocycles. The zero-order valence-electron chi connectivity index (χ0n) is 21.6. The monoisotopic (exact) mass is 540 g/mol. The minimum atomic E-state index is -2.99. The maximum absolute atomic E-state index is 13.3. The highest BCUT2D eigenvalue weighted by Gasteiger charge is 2.28. The fourth-order valence-corrected chi connectivity index (χ4v) is 8.30. The number of hydrogen-bond acceptors (Lipinski definition) is 6. The van der Waals surface area contributed by atoms with Crippen LogP contribution in [0.5, 0.6) is 0 Å². The lowest BCUT2D eigenvalue weighted by molar-refractivity contribution is 0.0802. The number of carbonyl (C=O) groups is 1. The van der Waals surface area contributed by atoms with E-state index in [0.29, 0.717) is 23.8 Å². The van der Waals surface area contributed by atoms with E-state index in [1.807, 2.05) is 24.3 Å². The van der Waals surface area contributed by atoms with Crippen LogP contribution >= 0.6 is 11.3 Å². The van der Waals surface area contributed by atoms with Crippen LogP contribution in [0.25, 0.3) is 21.2 Å². The second-order valence-electron chi connectivity index (χ2n) is 11.2. The van der Waals surface area contributed by atoms with Gasteiger partial charge in [-0.15, -0.1) is 11.3 Å². The molecule has 1 amide bonds. The van der Waals surface area contributed by atoms with Gasteiger partial charge in [0.05, 0.1) is 27.7 Å². The van der Waals surface area contributed by atoms with Crippen LogP contribution in [0.4, 0.5) is 0 Å². The number of hydrogen-bond donors (Lipinski definition) is 2. The van der Waals surface area contributed by atoms with E-state index in [0.717, 1.165) is 38.9 Å². The molecule has 1 aromatic heterocycles. The van der Waals surface area contributed by atoms with E-state index in [4.69, 9.17) is 4.98 Å². The average Bonchev–Trinajstić information content (AvgIpc) is 3.28. The molecule has 1 saturated heterocycles. The van der Waals surface area contributed by atoms with E-state index < -0.39 is 15.4 Å². The zero-order valence-corrected chi connectivity index (χ0v) is 23.3. The van der Waals surface area contributed by atoms with Crippen molar-refractivity contribution in [3.05, 3.63) is 52.7 Å². The molecular weight excluding hydrogens is 504 g/mol. The van der Waals surface area contributed by atoms with E-state index in [9.17, 15) is 18.3 Å². The van der Waals surface area contributed by atoms with E-state index in [1.165, 1.54) is 43.4 Å². The van der Waals surface area contributed by atoms with Gasteiger partial charge in [-0.2, -0.15) is 0 Å². The first kappa shape index (κ1) is 26.3. The molecule has 0 unspecified atom stereocenters. The molecule has 2 fully saturated rings. The molecule has 1 aliphatic carbocycles. The number of fused-ring (bicyclic) bond motifs is 1. The molecule has 37 heavy (non-hydrogen) atoms. The summed E-state index contributed by atoms with van der Waals surface area (Å²) in [6.45, 7) is 3.60. The van der Waals surface area contributed by atoms with Crippen molar-refractivity contribution >= 4 is 37.9 Å². The molecule has 0 bridgehead atoms. The molecule has 2 heterocycles. The van der Waals surface area contributed by atoms with Crippen LogP contribution in [0.1, 0.15) is 79.9 Å². The van der Waals surface area contributed by atoms with Gasteiger partial charge in [-0.25, -0.2) is 13.4 Å². The van der Waals surface area contributed by atoms with Gasteiger partial charge >= 0.3 is 0 Å². The van der Waals surface area contributed by atoms with Gasteiger partial charge in [0.25, 0.3) is 5.91 Å². The van der Waals surface area contributed by atoms with Crippen LogP contribution in [0, 0.1) is 5.92 Å². The lowest BCUT2D eigenvalue weighted by atomic mass is 9.85. The first-order chi connectivity index (χ1) is 17.6. The number of aromatic nitrogens is 1. The third-order valence-corrected chi connectivity index (χ3v) is 10.7. The molecule has 6 nitrogen and oxygen atoms in total. The molecular formula is C29H36N2O4S2. The molecule has 2 aliphatic rings. The Morgan fingerprint density at radius 3 is 2.38 bits per heavy atom. The Balaban J connectivity index is 1.52. The van der Waals surface area contributed by atoms with Crippen molar-refractivity contribution in [2.45, 2.75) is 76.9 Å². The van der Waals surface area contributed by atoms with Crippen molar-refractivity contribution in [3.8, 4) is 10.4 Å². The molecule has 0 radical (unpaired) electrons. The van der Waals surface area contributed by atoms with Gasteiger partial charge in [0.15, 0.2) is 5.01 Å². The van der Waals surface area contributed by atoms with Gasteiger partial charge in [0.1, 0.15) is 9.84 Å². The lowest BCUT2D eigenvalue weighted by Gasteiger charge is -2.22. The molecule has 1 aliphatic heterocycles. The smallest absolute Gasteiger partial charge is 0.280 e. The molecule has 0 atom stereocenters. The predicted molar refractivity (Wildman–Crippen MR) is 150 cm³/mol. The fraction of sp³-hybridized carbons (Fsp3) is 0.517. The standard InChI is InChI=1S/C29H36N2O4S2/c1-29(2,33)24-13-12-23(21-10-6-7-11-22(21)24)26-25(18-19-8-4-3-5-9-19)31-28(36-26)27(32)30-20-14-16-37(34,35)17-15-20/h6-7,10-13,19-20,33H,3-5,8-9,14-18H2,1-2H3,(H,30,32). The molecule has 0 spiro atoms. The molecule has 2 aromatic carbocycles. The normalized spacial score (nSPS) is 19.2. The average molecular weight is 541 g/mol. The number of aliphatic hydroxyl groups is 1. The van der Waals surface area contributed by atoms with Gasteiger partial charge in [0.2, 0.25) is 0 Å². The van der Waals surface area contributed by atoms with E-state index in [2.05, 4.69) is 17.4 Å². The number of nitrogens with zero attached hydrogens (tertiary/aromatic N) is 1. The number of nitrogens with one attached hydrogen (secondary N) is 1. The van der Waals surface area contributed by atoms with Crippen LogP contribution in [0.3, 0.4) is 0 Å². The van der Waals surface area contributed by atoms with Crippen LogP contribution in [0.15, 0.2) is 36.4 Å². The van der Waals surface area contributed by atoms with E-state index in [-0.39, 0.29) is 23.5 Å². The summed E-state index contributed by atoms with van der Waals surface area (Å²) in [6, 6.07) is 12.0. The fourth-order valence-electron chi connectivity index (χ4n) is 5.77. The number of thiazole rings is 1. The highest BCUT2D eigenvalue weighted by Crippen LogP contribution is 2.40. The SMILES string of the molecule is CC(C)(O)c1ccc(-c2sc(C(=O)NC3CCS(=O)(=O)CC3)nc2CC2CCCCC2)c2ccccc12. The van der Waals surface area contributed by atoms with Crippen LogP contribution in [0.2, 0.25) is 0 Å². The Morgan fingerprint density at radius 1 is 1.03 bits per heavy atom. The lowest BCUT2D eigenvalue weighted by Crippen LogP contribution is -2.40. The van der Waals surface area contributed by atoms with Gasteiger partial charge in [0, 0.05) is 11.6 Å². The summed E-state index contributed by atoms with van der Waals surface area (Å²) in [5, 5.41) is 16.3. The quantitative estimate of drug-likeness (QED) is 0.423. The third-order valence-electron chi connectivity index (χ3n) is 7.82. The minimum absolute atomic E-state index is 0.119. The number of benzene rings is 2. The summed E-state index contributed by atoms with van der Waals surface area (Å²) in [7, 11) is -2.99. The summed E-state index contributed by atoms with van der Waals surface area (Å²) in [4.78, 5) is 19.2. The maximum Gasteiger partial charge on any atom is 0.280 e. The Hall–Kier alpha value is -2.29. The second-order valence-corrected chi connectivity index (χ2v) is 14.5. The van der Waals surface area contributed by atoms with Gasteiger partial charge in [-0.05, 0) is 55.4 Å². The van der Waals surface area contributed by atoms with Crippen LogP contribution in [-0.4, -0.2) is 42.0 Å². The first-order valence-corrected chi connectivity index (χ1v) is 16.0. The number of sulfone groups is 1. The summed E-state index contributed by atoms with van der Waals surface area (Å²) in [5.41, 5.74) is 1.90. The van der Waals surface area contributed by atoms with Crippen molar-refractivity contribution < 1.29 is 18.3 Å². The minimum Gasteiger partial charge on any atom is -0.386 e. The number of rotatable bonds is 6. The van der Waals surface area contributed by atoms with Crippen LogP contribution < -0.4 is 5.32 Å². The van der Waals surface area contributed by atoms with Crippen molar-refractivity contribution in [2.24, 2.45) is 5.92 Å². The molecule has 8 heteroatoms. The maximum atomic E-state index is 13.3.